The Morgan fingerprint density at radius 3 is 2.00 bits per heavy atom. The lowest BCUT2D eigenvalue weighted by atomic mass is 9.98. The average Bonchev–Trinajstić information content (AvgIpc) is 2.67. The van der Waals surface area contributed by atoms with E-state index in [4.69, 9.17) is 9.84 Å². The van der Waals surface area contributed by atoms with E-state index in [2.05, 4.69) is 4.90 Å². The summed E-state index contributed by atoms with van der Waals surface area (Å²) in [6.45, 7) is 2.11. The number of carbonyl (C=O) groups excluding carboxylic acids is 1. The second-order valence-corrected chi connectivity index (χ2v) is 7.44. The van der Waals surface area contributed by atoms with Crippen molar-refractivity contribution < 1.29 is 14.6 Å². The van der Waals surface area contributed by atoms with Crippen molar-refractivity contribution in [3.8, 4) is 0 Å². The summed E-state index contributed by atoms with van der Waals surface area (Å²) < 4.78 is 5.71. The molecule has 0 aromatic carbocycles. The normalized spacial score (nSPS) is 23.1. The molecule has 0 unspecified atom stereocenters. The van der Waals surface area contributed by atoms with Gasteiger partial charge >= 0.3 is 5.97 Å². The number of aliphatic hydroxyl groups excluding tert-OH is 1. The SMILES string of the molecule is O=C(/C=C/N1CCC(CO)CC1)OC1CCCCCCCCCC1. The molecule has 0 atom stereocenters. The lowest BCUT2D eigenvalue weighted by Crippen LogP contribution is -2.31. The fourth-order valence-electron chi connectivity index (χ4n) is 3.72. The van der Waals surface area contributed by atoms with Gasteiger partial charge in [0.25, 0.3) is 0 Å². The van der Waals surface area contributed by atoms with E-state index >= 15 is 0 Å². The maximum Gasteiger partial charge on any atom is 0.332 e. The van der Waals surface area contributed by atoms with Crippen LogP contribution in [-0.4, -0.2) is 41.8 Å². The molecule has 4 nitrogen and oxygen atoms in total. The molecular weight excluding hydrogens is 302 g/mol. The van der Waals surface area contributed by atoms with Crippen LogP contribution in [-0.2, 0) is 9.53 Å². The molecule has 0 radical (unpaired) electrons. The van der Waals surface area contributed by atoms with Crippen molar-refractivity contribution in [2.24, 2.45) is 5.92 Å². The molecule has 1 saturated heterocycles. The van der Waals surface area contributed by atoms with Crippen molar-refractivity contribution in [1.82, 2.24) is 4.90 Å². The number of hydrogen-bond acceptors (Lipinski definition) is 4. The summed E-state index contributed by atoms with van der Waals surface area (Å²) in [6.07, 6.45) is 17.8. The lowest BCUT2D eigenvalue weighted by Gasteiger charge is -2.29. The molecule has 1 aliphatic carbocycles. The maximum atomic E-state index is 12.1. The second-order valence-electron chi connectivity index (χ2n) is 7.44. The third kappa shape index (κ3) is 7.69. The minimum Gasteiger partial charge on any atom is -0.459 e. The molecule has 0 aromatic heterocycles. The summed E-state index contributed by atoms with van der Waals surface area (Å²) in [7, 11) is 0. The highest BCUT2D eigenvalue weighted by Gasteiger charge is 2.17. The molecular formula is C20H35NO3. The zero-order valence-electron chi connectivity index (χ0n) is 15.1. The lowest BCUT2D eigenvalue weighted by molar-refractivity contribution is -0.143. The van der Waals surface area contributed by atoms with Gasteiger partial charge in [0.05, 0.1) is 0 Å². The summed E-state index contributed by atoms with van der Waals surface area (Å²) in [5.41, 5.74) is 0. The number of rotatable bonds is 4. The van der Waals surface area contributed by atoms with Crippen molar-refractivity contribution in [3.05, 3.63) is 12.3 Å². The molecule has 2 fully saturated rings. The van der Waals surface area contributed by atoms with Crippen molar-refractivity contribution >= 4 is 5.97 Å². The number of ether oxygens (including phenoxy) is 1. The highest BCUT2D eigenvalue weighted by Crippen LogP contribution is 2.19. The number of aliphatic hydroxyl groups is 1. The van der Waals surface area contributed by atoms with E-state index in [1.54, 1.807) is 6.08 Å². The van der Waals surface area contributed by atoms with Crippen LogP contribution in [0.15, 0.2) is 12.3 Å². The molecule has 4 heteroatoms. The van der Waals surface area contributed by atoms with E-state index in [9.17, 15) is 4.79 Å². The predicted molar refractivity (Wildman–Crippen MR) is 96.6 cm³/mol. The van der Waals surface area contributed by atoms with Gasteiger partial charge in [0, 0.05) is 32.0 Å². The number of hydrogen-bond donors (Lipinski definition) is 1. The quantitative estimate of drug-likeness (QED) is 0.621. The van der Waals surface area contributed by atoms with Gasteiger partial charge in [-0.1, -0.05) is 38.5 Å². The highest BCUT2D eigenvalue weighted by molar-refractivity contribution is 5.81. The topological polar surface area (TPSA) is 49.8 Å². The Bertz CT molecular complexity index is 363. The molecule has 24 heavy (non-hydrogen) atoms. The zero-order valence-corrected chi connectivity index (χ0v) is 15.1. The first-order valence-electron chi connectivity index (χ1n) is 10.0. The number of likely N-dealkylation sites (tertiary alicyclic amines) is 1. The van der Waals surface area contributed by atoms with Crippen LogP contribution in [0.5, 0.6) is 0 Å². The second kappa shape index (κ2) is 11.5. The van der Waals surface area contributed by atoms with Gasteiger partial charge < -0.3 is 14.7 Å². The summed E-state index contributed by atoms with van der Waals surface area (Å²) in [6, 6.07) is 0. The average molecular weight is 338 g/mol. The number of esters is 1. The smallest absolute Gasteiger partial charge is 0.332 e. The van der Waals surface area contributed by atoms with Crippen LogP contribution in [0.3, 0.4) is 0 Å². The van der Waals surface area contributed by atoms with Gasteiger partial charge in [0.1, 0.15) is 6.10 Å². The standard InChI is InChI=1S/C20H35NO3/c22-17-18-11-14-21(15-12-18)16-13-20(23)24-19-9-7-5-3-1-2-4-6-8-10-19/h13,16,18-19,22H,1-12,14-15,17H2/b16-13+. The molecule has 1 heterocycles. The Kier molecular flexibility index (Phi) is 9.26. The van der Waals surface area contributed by atoms with Crippen molar-refractivity contribution in [1.29, 1.82) is 0 Å². The molecule has 2 aliphatic rings. The molecule has 1 saturated carbocycles. The van der Waals surface area contributed by atoms with E-state index in [-0.39, 0.29) is 18.7 Å². The first-order chi connectivity index (χ1) is 11.8. The van der Waals surface area contributed by atoms with Crippen molar-refractivity contribution in [3.63, 3.8) is 0 Å². The van der Waals surface area contributed by atoms with Gasteiger partial charge in [-0.2, -0.15) is 0 Å². The molecule has 0 amide bonds. The highest BCUT2D eigenvalue weighted by atomic mass is 16.5. The largest absolute Gasteiger partial charge is 0.459 e. The zero-order chi connectivity index (χ0) is 17.0. The van der Waals surface area contributed by atoms with Crippen LogP contribution in [0.2, 0.25) is 0 Å². The molecule has 1 N–H and O–H groups in total. The molecule has 138 valence electrons. The molecule has 0 spiro atoms. The fourth-order valence-corrected chi connectivity index (χ4v) is 3.72. The Balaban J connectivity index is 1.71. The van der Waals surface area contributed by atoms with Crippen molar-refractivity contribution in [2.45, 2.75) is 83.2 Å². The number of piperidine rings is 1. The molecule has 1 aliphatic heterocycles. The van der Waals surface area contributed by atoms with E-state index in [1.165, 1.54) is 51.4 Å². The van der Waals surface area contributed by atoms with E-state index in [1.807, 2.05) is 6.20 Å². The summed E-state index contributed by atoms with van der Waals surface area (Å²) >= 11 is 0. The molecule has 2 rings (SSSR count). The minimum absolute atomic E-state index is 0.0976. The number of carbonyl (C=O) groups is 1. The van der Waals surface area contributed by atoms with Crippen LogP contribution in [0.4, 0.5) is 0 Å². The van der Waals surface area contributed by atoms with Crippen LogP contribution in [0.25, 0.3) is 0 Å². The summed E-state index contributed by atoms with van der Waals surface area (Å²) in [5.74, 6) is 0.229. The summed E-state index contributed by atoms with van der Waals surface area (Å²) in [4.78, 5) is 14.3. The monoisotopic (exact) mass is 337 g/mol. The Hall–Kier alpha value is -1.03. The van der Waals surface area contributed by atoms with Crippen LogP contribution >= 0.6 is 0 Å². The van der Waals surface area contributed by atoms with Gasteiger partial charge in [-0.25, -0.2) is 4.79 Å². The Morgan fingerprint density at radius 1 is 0.917 bits per heavy atom. The van der Waals surface area contributed by atoms with E-state index < -0.39 is 0 Å². The third-order valence-electron chi connectivity index (χ3n) is 5.41. The van der Waals surface area contributed by atoms with E-state index in [0.29, 0.717) is 5.92 Å². The van der Waals surface area contributed by atoms with Gasteiger partial charge in [-0.15, -0.1) is 0 Å². The first-order valence-corrected chi connectivity index (χ1v) is 10.0. The van der Waals surface area contributed by atoms with Crippen LogP contribution in [0, 0.1) is 5.92 Å². The van der Waals surface area contributed by atoms with Gasteiger partial charge in [0.15, 0.2) is 0 Å². The Labute approximate surface area is 147 Å². The molecule has 0 aromatic rings. The first kappa shape index (κ1) is 19.3. The van der Waals surface area contributed by atoms with Gasteiger partial charge in [-0.3, -0.25) is 0 Å². The van der Waals surface area contributed by atoms with Crippen LogP contribution < -0.4 is 0 Å². The van der Waals surface area contributed by atoms with Crippen molar-refractivity contribution in [2.75, 3.05) is 19.7 Å². The third-order valence-corrected chi connectivity index (χ3v) is 5.41. The molecule has 0 bridgehead atoms. The van der Waals surface area contributed by atoms with E-state index in [0.717, 1.165) is 38.8 Å². The fraction of sp³-hybridized carbons (Fsp3) is 0.850. The number of nitrogens with zero attached hydrogens (tertiary/aromatic N) is 1. The maximum absolute atomic E-state index is 12.1. The van der Waals surface area contributed by atoms with Gasteiger partial charge in [-0.05, 0) is 44.4 Å². The Morgan fingerprint density at radius 2 is 1.46 bits per heavy atom. The summed E-state index contributed by atoms with van der Waals surface area (Å²) in [5, 5.41) is 9.17. The predicted octanol–water partition coefficient (Wildman–Crippen LogP) is 4.03. The minimum atomic E-state index is -0.195. The van der Waals surface area contributed by atoms with Gasteiger partial charge in [0.2, 0.25) is 0 Å². The van der Waals surface area contributed by atoms with Crippen LogP contribution in [0.1, 0.15) is 77.0 Å².